The molecule has 2 aromatic heterocycles. The van der Waals surface area contributed by atoms with Crippen molar-refractivity contribution in [3.8, 4) is 0 Å². The van der Waals surface area contributed by atoms with Crippen LogP contribution in [0.5, 0.6) is 0 Å². The van der Waals surface area contributed by atoms with E-state index in [0.717, 1.165) is 32.7 Å². The molecule has 0 spiro atoms. The van der Waals surface area contributed by atoms with Gasteiger partial charge in [-0.2, -0.15) is 0 Å². The molecule has 0 amide bonds. The number of aliphatic hydroxyl groups excluding tert-OH is 3. The second-order valence-electron chi connectivity index (χ2n) is 18.4. The number of aromatic nitrogens is 4. The van der Waals surface area contributed by atoms with Gasteiger partial charge in [0.2, 0.25) is 0 Å². The minimum atomic E-state index is -2.16. The molecule has 1 fully saturated rings. The van der Waals surface area contributed by atoms with Crippen molar-refractivity contribution >= 4 is 55.2 Å². The molecule has 5 aromatic rings. The first-order valence-corrected chi connectivity index (χ1v) is 24.9. The fraction of sp³-hybridized carbons (Fsp3) is 0.537. The fourth-order valence-corrected chi connectivity index (χ4v) is 9.84. The van der Waals surface area contributed by atoms with Crippen molar-refractivity contribution in [2.75, 3.05) is 11.9 Å². The van der Waals surface area contributed by atoms with Crippen LogP contribution in [-0.2, 0) is 13.6 Å². The molecular formula is C41H57N5O6Si2. The lowest BCUT2D eigenvalue weighted by molar-refractivity contribution is -0.0766. The number of fused-ring (bicyclic) bond motifs is 6. The first-order chi connectivity index (χ1) is 25.2. The summed E-state index contributed by atoms with van der Waals surface area (Å²) in [6, 6.07) is 13.3. The Hall–Kier alpha value is -3.28. The Morgan fingerprint density at radius 2 is 1.59 bits per heavy atom. The molecule has 13 heteroatoms. The molecule has 1 aliphatic carbocycles. The zero-order chi connectivity index (χ0) is 39.1. The van der Waals surface area contributed by atoms with E-state index in [1.807, 2.05) is 35.8 Å². The molecule has 1 aliphatic heterocycles. The van der Waals surface area contributed by atoms with Crippen molar-refractivity contribution in [2.24, 2.45) is 0 Å². The molecule has 54 heavy (non-hydrogen) atoms. The molecule has 7 rings (SSSR count). The fourth-order valence-electron chi connectivity index (χ4n) is 7.47. The van der Waals surface area contributed by atoms with E-state index in [1.165, 1.54) is 6.33 Å². The topological polar surface area (TPSA) is 144 Å². The van der Waals surface area contributed by atoms with E-state index >= 15 is 0 Å². The smallest absolute Gasteiger partial charge is 0.192 e. The number of nitrogens with zero attached hydrogens (tertiary/aromatic N) is 4. The predicted molar refractivity (Wildman–Crippen MR) is 219 cm³/mol. The Bertz CT molecular complexity index is 2190. The van der Waals surface area contributed by atoms with Crippen LogP contribution in [0.15, 0.2) is 55.1 Å². The summed E-state index contributed by atoms with van der Waals surface area (Å²) in [6.07, 6.45) is -1.07. The third-order valence-electron chi connectivity index (χ3n) is 12.7. The van der Waals surface area contributed by atoms with Gasteiger partial charge in [-0.3, -0.25) is 4.57 Å². The molecule has 0 unspecified atom stereocenters. The SMILES string of the molecule is Cc1cc2ccccc2c2ccc3c(c12)[C@@H](Nc1ncnc2c1ncn2[C@H]1C[C@H](O[Si](C)(C)C(C)(C)C)[C@@H](CO[Si](C)(C)C(C)(C)C)O1)[C@H](O)[C@H](O)[C@H]3O. The van der Waals surface area contributed by atoms with Gasteiger partial charge in [-0.25, -0.2) is 15.0 Å². The maximum atomic E-state index is 11.6. The quantitative estimate of drug-likeness (QED) is 0.0904. The maximum Gasteiger partial charge on any atom is 0.192 e. The largest absolute Gasteiger partial charge is 0.414 e. The van der Waals surface area contributed by atoms with Gasteiger partial charge in [-0.15, -0.1) is 0 Å². The van der Waals surface area contributed by atoms with Gasteiger partial charge in [0.05, 0.1) is 25.1 Å². The molecule has 11 nitrogen and oxygen atoms in total. The summed E-state index contributed by atoms with van der Waals surface area (Å²) in [5.41, 5.74) is 3.35. The van der Waals surface area contributed by atoms with Crippen molar-refractivity contribution in [3.05, 3.63) is 71.8 Å². The highest BCUT2D eigenvalue weighted by molar-refractivity contribution is 6.74. The number of ether oxygens (including phenoxy) is 1. The van der Waals surface area contributed by atoms with Crippen molar-refractivity contribution < 1.29 is 28.9 Å². The molecule has 3 heterocycles. The minimum Gasteiger partial charge on any atom is -0.414 e. The number of imidazole rings is 1. The summed E-state index contributed by atoms with van der Waals surface area (Å²) in [6.45, 7) is 25.0. The molecule has 4 N–H and O–H groups in total. The van der Waals surface area contributed by atoms with Crippen molar-refractivity contribution in [1.29, 1.82) is 0 Å². The van der Waals surface area contributed by atoms with Gasteiger partial charge < -0.3 is 34.2 Å². The lowest BCUT2D eigenvalue weighted by atomic mass is 9.77. The second-order valence-corrected chi connectivity index (χ2v) is 27.9. The standard InChI is InChI=1S/C41H57N5O6Si2/c1-23-18-24-14-12-13-15-25(24)26-16-17-27-32(31(23)26)33(36(48)37(49)35(27)47)45-38-34-39(43-21-42-38)46(22-44-34)30-19-28(52-54(10,11)41(5,6)7)29(51-30)20-50-53(8,9)40(2,3)4/h12-18,21-22,28-30,33,35-37,47-49H,19-20H2,1-11H3,(H,42,43,45)/t28-,29+,30+,33+,35-,36-,37+/m0/s1. The minimum absolute atomic E-state index is 0.0221. The summed E-state index contributed by atoms with van der Waals surface area (Å²) in [5, 5.41) is 41.6. The van der Waals surface area contributed by atoms with Gasteiger partial charge >= 0.3 is 0 Å². The number of aliphatic hydroxyl groups is 3. The lowest BCUT2D eigenvalue weighted by Crippen LogP contribution is -2.48. The Morgan fingerprint density at radius 3 is 2.30 bits per heavy atom. The van der Waals surface area contributed by atoms with Gasteiger partial charge in [0.1, 0.15) is 37.0 Å². The number of rotatable bonds is 8. The predicted octanol–water partition coefficient (Wildman–Crippen LogP) is 8.06. The van der Waals surface area contributed by atoms with Crippen molar-refractivity contribution in [3.63, 3.8) is 0 Å². The molecular weight excluding hydrogens is 715 g/mol. The van der Waals surface area contributed by atoms with E-state index in [-0.39, 0.29) is 22.3 Å². The van der Waals surface area contributed by atoms with Crippen LogP contribution in [0.1, 0.15) is 83.0 Å². The number of aryl methyl sites for hydroxylation is 1. The van der Waals surface area contributed by atoms with Crippen LogP contribution < -0.4 is 5.32 Å². The van der Waals surface area contributed by atoms with Crippen LogP contribution in [-0.4, -0.2) is 82.5 Å². The van der Waals surface area contributed by atoms with Gasteiger partial charge in [0.15, 0.2) is 33.6 Å². The summed E-state index contributed by atoms with van der Waals surface area (Å²) >= 11 is 0. The molecule has 290 valence electrons. The summed E-state index contributed by atoms with van der Waals surface area (Å²) in [5.74, 6) is 0.401. The molecule has 2 aliphatic rings. The summed E-state index contributed by atoms with van der Waals surface area (Å²) in [4.78, 5) is 14.1. The Morgan fingerprint density at radius 1 is 0.889 bits per heavy atom. The van der Waals surface area contributed by atoms with Crippen LogP contribution in [0.4, 0.5) is 5.82 Å². The first-order valence-electron chi connectivity index (χ1n) is 19.1. The summed E-state index contributed by atoms with van der Waals surface area (Å²) < 4.78 is 22.5. The number of nitrogens with one attached hydrogen (secondary N) is 1. The molecule has 1 saturated heterocycles. The third-order valence-corrected chi connectivity index (χ3v) is 21.8. The average Bonchev–Trinajstić information content (AvgIpc) is 3.71. The first kappa shape index (κ1) is 39.0. The Labute approximate surface area is 320 Å². The second kappa shape index (κ2) is 13.7. The zero-order valence-corrected chi connectivity index (χ0v) is 35.5. The van der Waals surface area contributed by atoms with E-state index in [1.54, 1.807) is 6.33 Å². The van der Waals surface area contributed by atoms with E-state index in [4.69, 9.17) is 18.6 Å². The van der Waals surface area contributed by atoms with Crippen LogP contribution in [0.25, 0.3) is 32.7 Å². The monoisotopic (exact) mass is 771 g/mol. The molecule has 3 aromatic carbocycles. The molecule has 0 saturated carbocycles. The number of hydrogen-bond acceptors (Lipinski definition) is 10. The summed E-state index contributed by atoms with van der Waals surface area (Å²) in [7, 11) is -4.22. The van der Waals surface area contributed by atoms with Crippen LogP contribution in [0.3, 0.4) is 0 Å². The number of benzene rings is 3. The highest BCUT2D eigenvalue weighted by atomic mass is 28.4. The normalized spacial score (nSPS) is 25.5. The highest BCUT2D eigenvalue weighted by Gasteiger charge is 2.47. The Balaban J connectivity index is 1.25. The van der Waals surface area contributed by atoms with Crippen LogP contribution in [0, 0.1) is 6.92 Å². The zero-order valence-electron chi connectivity index (χ0n) is 33.5. The molecule has 0 bridgehead atoms. The van der Waals surface area contributed by atoms with Crippen LogP contribution >= 0.6 is 0 Å². The van der Waals surface area contributed by atoms with E-state index in [9.17, 15) is 15.3 Å². The van der Waals surface area contributed by atoms with E-state index < -0.39 is 47.2 Å². The van der Waals surface area contributed by atoms with Gasteiger partial charge in [-0.05, 0) is 81.4 Å². The van der Waals surface area contributed by atoms with Crippen molar-refractivity contribution in [2.45, 2.75) is 134 Å². The number of hydrogen-bond donors (Lipinski definition) is 4. The van der Waals surface area contributed by atoms with Gasteiger partial charge in [0, 0.05) is 6.42 Å². The van der Waals surface area contributed by atoms with Crippen LogP contribution in [0.2, 0.25) is 36.3 Å². The Kier molecular flexibility index (Phi) is 9.91. The maximum absolute atomic E-state index is 11.6. The van der Waals surface area contributed by atoms with Crippen molar-refractivity contribution in [1.82, 2.24) is 19.5 Å². The molecule has 7 atom stereocenters. The third kappa shape index (κ3) is 6.70. The van der Waals surface area contributed by atoms with E-state index in [2.05, 4.69) is 101 Å². The van der Waals surface area contributed by atoms with Gasteiger partial charge in [-0.1, -0.05) is 84.0 Å². The number of anilines is 1. The van der Waals surface area contributed by atoms with Gasteiger partial charge in [0.25, 0.3) is 0 Å². The highest BCUT2D eigenvalue weighted by Crippen LogP contribution is 2.46. The lowest BCUT2D eigenvalue weighted by Gasteiger charge is -2.40. The van der Waals surface area contributed by atoms with E-state index in [0.29, 0.717) is 35.6 Å². The molecule has 0 radical (unpaired) electrons. The average molecular weight is 772 g/mol.